The molecule has 1 saturated heterocycles. The molecule has 2 heterocycles. The van der Waals surface area contributed by atoms with Gasteiger partial charge in [-0.3, -0.25) is 14.4 Å². The van der Waals surface area contributed by atoms with Gasteiger partial charge in [-0.2, -0.15) is 0 Å². The van der Waals surface area contributed by atoms with Crippen molar-refractivity contribution in [1.29, 1.82) is 0 Å². The molecule has 6 aliphatic carbocycles. The number of aliphatic carboxylic acids is 1. The Morgan fingerprint density at radius 1 is 0.892 bits per heavy atom. The molecular formula is C55H79FN4O5. The van der Waals surface area contributed by atoms with Gasteiger partial charge in [-0.25, -0.2) is 9.37 Å². The number of benzene rings is 1. The molecule has 1 amide bonds. The number of amides is 1. The number of allylic oxidation sites excluding steroid dienone is 1. The highest BCUT2D eigenvalue weighted by Crippen LogP contribution is 2.78. The van der Waals surface area contributed by atoms with Crippen molar-refractivity contribution in [3.8, 4) is 11.3 Å². The lowest BCUT2D eigenvalue weighted by molar-refractivity contribution is -0.251. The number of aromatic nitrogens is 2. The molecule has 7 fully saturated rings. The molecule has 9 rings (SSSR count). The van der Waals surface area contributed by atoms with Gasteiger partial charge >= 0.3 is 11.9 Å². The highest BCUT2D eigenvalue weighted by atomic mass is 19.1. The highest BCUT2D eigenvalue weighted by molar-refractivity contribution is 5.85. The summed E-state index contributed by atoms with van der Waals surface area (Å²) in [5, 5.41) is 9.74. The minimum Gasteiger partial charge on any atom is -0.481 e. The summed E-state index contributed by atoms with van der Waals surface area (Å²) in [7, 11) is 4.15. The molecule has 13 atom stereocenters. The van der Waals surface area contributed by atoms with Crippen LogP contribution in [0.2, 0.25) is 0 Å². The van der Waals surface area contributed by atoms with Gasteiger partial charge in [-0.15, -0.1) is 0 Å². The molecule has 0 bridgehead atoms. The number of fused-ring (bicyclic) bond motifs is 7. The van der Waals surface area contributed by atoms with Gasteiger partial charge in [0.25, 0.3) is 0 Å². The normalized spacial score (nSPS) is 40.2. The number of carbonyl (C=O) groups excluding carboxylic acids is 2. The van der Waals surface area contributed by atoms with Gasteiger partial charge in [-0.05, 0) is 168 Å². The molecule has 9 nitrogen and oxygen atoms in total. The van der Waals surface area contributed by atoms with Gasteiger partial charge in [0.05, 0.1) is 29.0 Å². The summed E-state index contributed by atoms with van der Waals surface area (Å²) in [5.74, 6) is 0.952. The first-order valence-corrected chi connectivity index (χ1v) is 25.4. The quantitative estimate of drug-likeness (QED) is 0.187. The third-order valence-electron chi connectivity index (χ3n) is 21.1. The number of likely N-dealkylation sites (tertiary alicyclic amines) is 1. The predicted octanol–water partition coefficient (Wildman–Crippen LogP) is 11.2. The van der Waals surface area contributed by atoms with Crippen molar-refractivity contribution in [1.82, 2.24) is 19.4 Å². The summed E-state index contributed by atoms with van der Waals surface area (Å²) in [6, 6.07) is 6.57. The van der Waals surface area contributed by atoms with Crippen LogP contribution in [0.3, 0.4) is 0 Å². The van der Waals surface area contributed by atoms with E-state index in [0.29, 0.717) is 36.0 Å². The lowest BCUT2D eigenvalue weighted by atomic mass is 9.32. The van der Waals surface area contributed by atoms with Crippen LogP contribution in [0.5, 0.6) is 0 Å². The first-order valence-electron chi connectivity index (χ1n) is 25.4. The Bertz CT molecular complexity index is 2230. The summed E-state index contributed by atoms with van der Waals surface area (Å²) in [6.07, 6.45) is 14.3. The van der Waals surface area contributed by atoms with Crippen molar-refractivity contribution < 1.29 is 28.6 Å². The zero-order chi connectivity index (χ0) is 46.8. The number of hydrogen-bond acceptors (Lipinski definition) is 6. The number of rotatable bonds is 10. The largest absolute Gasteiger partial charge is 0.481 e. The van der Waals surface area contributed by atoms with Crippen LogP contribution in [-0.4, -0.2) is 75.6 Å². The smallest absolute Gasteiger partial charge is 0.309 e. The summed E-state index contributed by atoms with van der Waals surface area (Å²) in [6.45, 7) is 25.5. The Hall–Kier alpha value is -3.53. The van der Waals surface area contributed by atoms with Crippen molar-refractivity contribution in [3.63, 3.8) is 0 Å². The van der Waals surface area contributed by atoms with Crippen LogP contribution < -0.4 is 0 Å². The fraction of sp³-hybridized carbons (Fsp3) is 0.745. The van der Waals surface area contributed by atoms with Crippen LogP contribution in [0.15, 0.2) is 42.6 Å². The van der Waals surface area contributed by atoms with E-state index < -0.39 is 22.7 Å². The third-order valence-corrected chi connectivity index (χ3v) is 21.1. The van der Waals surface area contributed by atoms with Crippen LogP contribution in [-0.2, 0) is 25.7 Å². The average Bonchev–Trinajstić information content (AvgIpc) is 3.98. The SMILES string of the molecule is C=C(C)[C@@H]1CC[C@]2(C(=O)N3CCC[C@H]3c3nc(-c4cccc(F)c4)cn3CCN(C)C)CC[C@]3(C)[C@H](CCC4[C@@]5(C)CC[C@H](OC(=O)[C@H]6C[C@@H](C(=O)O)C6(C)C)C(C)(C)C5CC[C@]43C)C12. The van der Waals surface area contributed by atoms with Gasteiger partial charge in [0, 0.05) is 36.8 Å². The number of carbonyl (C=O) groups is 3. The second-order valence-electron chi connectivity index (χ2n) is 24.8. The topological polar surface area (TPSA) is 105 Å². The number of carboxylic acids is 1. The van der Waals surface area contributed by atoms with E-state index in [9.17, 15) is 19.1 Å². The molecule has 3 unspecified atom stereocenters. The third kappa shape index (κ3) is 6.95. The standard InChI is InChI=1S/C55H79FN4O5/c1-33(2)36-19-24-55(49(64)60-27-13-16-41(60)46-57-40(32-59(46)29-28-58(10)11)34-14-12-15-35(56)30-34)26-25-53(8)37(45(36)55)17-18-43-52(7)22-21-44(51(5,6)42(52)20-23-54(43,53)9)65-48(63)39-31-38(47(61)62)50(39,3)4/h12,14-15,30,32,36-39,41-45H,1,13,16-29,31H2,2-11H3,(H,61,62)/t36-,37+,38-,39+,41-,42?,43?,44-,45?,52-,53+,54+,55-/m0/s1. The maximum Gasteiger partial charge on any atom is 0.309 e. The highest BCUT2D eigenvalue weighted by Gasteiger charge is 2.72. The van der Waals surface area contributed by atoms with Gasteiger partial charge in [-0.1, -0.05) is 72.8 Å². The van der Waals surface area contributed by atoms with E-state index >= 15 is 4.79 Å². The molecule has 1 aromatic heterocycles. The van der Waals surface area contributed by atoms with Crippen molar-refractivity contribution >= 4 is 17.8 Å². The lowest BCUT2D eigenvalue weighted by Gasteiger charge is -2.73. The zero-order valence-corrected chi connectivity index (χ0v) is 41.4. The van der Waals surface area contributed by atoms with E-state index in [1.807, 2.05) is 19.9 Å². The second kappa shape index (κ2) is 16.0. The maximum atomic E-state index is 15.9. The number of hydrogen-bond donors (Lipinski definition) is 1. The van der Waals surface area contributed by atoms with Crippen LogP contribution in [0.1, 0.15) is 151 Å². The molecule has 7 aliphatic rings. The van der Waals surface area contributed by atoms with Crippen molar-refractivity contribution in [2.75, 3.05) is 27.2 Å². The van der Waals surface area contributed by atoms with E-state index in [0.717, 1.165) is 114 Å². The zero-order valence-electron chi connectivity index (χ0n) is 41.4. The molecule has 2 aromatic rings. The number of likely N-dealkylation sites (N-methyl/N-ethyl adjacent to an activating group) is 1. The molecular weight excluding hydrogens is 816 g/mol. The summed E-state index contributed by atoms with van der Waals surface area (Å²) in [4.78, 5) is 51.2. The molecule has 1 aliphatic heterocycles. The number of nitrogens with zero attached hydrogens (tertiary/aromatic N) is 4. The van der Waals surface area contributed by atoms with E-state index in [1.54, 1.807) is 12.1 Å². The predicted molar refractivity (Wildman–Crippen MR) is 252 cm³/mol. The monoisotopic (exact) mass is 895 g/mol. The minimum absolute atomic E-state index is 0.0625. The molecule has 0 spiro atoms. The van der Waals surface area contributed by atoms with Gasteiger partial charge in [0.2, 0.25) is 5.91 Å². The number of imidazole rings is 1. The van der Waals surface area contributed by atoms with Gasteiger partial charge in [0.15, 0.2) is 0 Å². The van der Waals surface area contributed by atoms with Crippen molar-refractivity contribution in [3.05, 3.63) is 54.3 Å². The Balaban J connectivity index is 0.985. The maximum absolute atomic E-state index is 15.9. The first kappa shape index (κ1) is 46.6. The van der Waals surface area contributed by atoms with Crippen LogP contribution in [0.4, 0.5) is 4.39 Å². The molecule has 1 aromatic carbocycles. The lowest BCUT2D eigenvalue weighted by Crippen LogP contribution is -2.67. The van der Waals surface area contributed by atoms with Crippen LogP contribution in [0.25, 0.3) is 11.3 Å². The van der Waals surface area contributed by atoms with Crippen molar-refractivity contribution in [2.24, 2.45) is 73.9 Å². The van der Waals surface area contributed by atoms with Gasteiger partial charge in [0.1, 0.15) is 17.7 Å². The molecule has 10 heteroatoms. The second-order valence-corrected chi connectivity index (χ2v) is 24.8. The van der Waals surface area contributed by atoms with Crippen LogP contribution in [0, 0.1) is 79.7 Å². The minimum atomic E-state index is -0.825. The Labute approximate surface area is 388 Å². The first-order chi connectivity index (χ1) is 30.5. The molecule has 6 saturated carbocycles. The Morgan fingerprint density at radius 3 is 2.32 bits per heavy atom. The summed E-state index contributed by atoms with van der Waals surface area (Å²) >= 11 is 0. The fourth-order valence-electron chi connectivity index (χ4n) is 17.2. The van der Waals surface area contributed by atoms with E-state index in [1.165, 1.54) is 11.6 Å². The Morgan fingerprint density at radius 2 is 1.65 bits per heavy atom. The number of esters is 1. The van der Waals surface area contributed by atoms with E-state index in [-0.39, 0.29) is 57.4 Å². The number of carboxylic acid groups (broad SMARTS) is 1. The molecule has 65 heavy (non-hydrogen) atoms. The molecule has 0 radical (unpaired) electrons. The van der Waals surface area contributed by atoms with E-state index in [4.69, 9.17) is 9.72 Å². The van der Waals surface area contributed by atoms with E-state index in [2.05, 4.69) is 82.8 Å². The average molecular weight is 895 g/mol. The summed E-state index contributed by atoms with van der Waals surface area (Å²) in [5.41, 5.74) is 1.74. The summed E-state index contributed by atoms with van der Waals surface area (Å²) < 4.78 is 23.2. The molecule has 1 N–H and O–H groups in total. The number of halogens is 1. The van der Waals surface area contributed by atoms with Crippen LogP contribution >= 0.6 is 0 Å². The van der Waals surface area contributed by atoms with Crippen molar-refractivity contribution in [2.45, 2.75) is 158 Å². The van der Waals surface area contributed by atoms with Gasteiger partial charge < -0.3 is 24.2 Å². The fourth-order valence-corrected chi connectivity index (χ4v) is 17.2. The number of ether oxygens (including phenoxy) is 1. The molecule has 356 valence electrons. The Kier molecular flexibility index (Phi) is 11.5.